The summed E-state index contributed by atoms with van der Waals surface area (Å²) in [5, 5.41) is 2.53. The zero-order chi connectivity index (χ0) is 12.8. The number of ether oxygens (including phenoxy) is 1. The van der Waals surface area contributed by atoms with Crippen molar-refractivity contribution in [3.63, 3.8) is 0 Å². The van der Waals surface area contributed by atoms with Crippen molar-refractivity contribution >= 4 is 11.9 Å². The van der Waals surface area contributed by atoms with E-state index in [1.807, 2.05) is 6.07 Å². The first-order valence-corrected chi connectivity index (χ1v) is 5.47. The molecule has 0 aliphatic heterocycles. The van der Waals surface area contributed by atoms with Crippen LogP contribution in [0.25, 0.3) is 0 Å². The van der Waals surface area contributed by atoms with Gasteiger partial charge in [0.2, 0.25) is 0 Å². The Morgan fingerprint density at radius 2 is 2.00 bits per heavy atom. The van der Waals surface area contributed by atoms with E-state index >= 15 is 0 Å². The first kappa shape index (κ1) is 12.1. The summed E-state index contributed by atoms with van der Waals surface area (Å²) in [7, 11) is 0. The van der Waals surface area contributed by atoms with Crippen molar-refractivity contribution in [1.29, 1.82) is 0 Å². The molecule has 2 aromatic rings. The lowest BCUT2D eigenvalue weighted by molar-refractivity contribution is 0.215. The molecule has 1 amide bonds. The van der Waals surface area contributed by atoms with Gasteiger partial charge in [0, 0.05) is 12.7 Å². The third-order valence-corrected chi connectivity index (χ3v) is 2.24. The lowest BCUT2D eigenvalue weighted by atomic mass is 10.3. The number of carbonyl (C=O) groups excluding carboxylic acids is 1. The Morgan fingerprint density at radius 3 is 2.61 bits per heavy atom. The minimum absolute atomic E-state index is 0.418. The quantitative estimate of drug-likeness (QED) is 0.865. The lowest BCUT2D eigenvalue weighted by Crippen LogP contribution is -2.17. The standard InChI is InChI=1S/C13H13N3O2/c14-8-10-6-7-12(15-9-10)16-13(17)18-11-4-2-1-3-5-11/h1-7,9H,8,14H2,(H,15,16,17). The summed E-state index contributed by atoms with van der Waals surface area (Å²) in [5.41, 5.74) is 6.35. The Bertz CT molecular complexity index is 512. The van der Waals surface area contributed by atoms with Gasteiger partial charge in [-0.25, -0.2) is 9.78 Å². The maximum Gasteiger partial charge on any atom is 0.418 e. The topological polar surface area (TPSA) is 77.2 Å². The smallest absolute Gasteiger partial charge is 0.410 e. The van der Waals surface area contributed by atoms with E-state index in [1.165, 1.54) is 0 Å². The third kappa shape index (κ3) is 3.29. The van der Waals surface area contributed by atoms with Crippen LogP contribution in [0.4, 0.5) is 10.6 Å². The Morgan fingerprint density at radius 1 is 1.22 bits per heavy atom. The summed E-state index contributed by atoms with van der Waals surface area (Å²) < 4.78 is 5.06. The number of rotatable bonds is 3. The summed E-state index contributed by atoms with van der Waals surface area (Å²) in [5.74, 6) is 0.904. The number of aromatic nitrogens is 1. The van der Waals surface area contributed by atoms with E-state index in [0.29, 0.717) is 18.1 Å². The summed E-state index contributed by atoms with van der Waals surface area (Å²) in [6, 6.07) is 12.3. The fourth-order valence-corrected chi connectivity index (χ4v) is 1.34. The van der Waals surface area contributed by atoms with E-state index in [1.54, 1.807) is 42.6 Å². The molecule has 0 spiro atoms. The number of anilines is 1. The molecule has 5 nitrogen and oxygen atoms in total. The van der Waals surface area contributed by atoms with Crippen molar-refractivity contribution < 1.29 is 9.53 Å². The van der Waals surface area contributed by atoms with Gasteiger partial charge in [0.05, 0.1) is 0 Å². The maximum absolute atomic E-state index is 11.5. The van der Waals surface area contributed by atoms with Gasteiger partial charge in [-0.05, 0) is 23.8 Å². The van der Waals surface area contributed by atoms with Crippen LogP contribution < -0.4 is 15.8 Å². The van der Waals surface area contributed by atoms with E-state index in [4.69, 9.17) is 10.5 Å². The molecule has 0 fully saturated rings. The van der Waals surface area contributed by atoms with Gasteiger partial charge in [-0.15, -0.1) is 0 Å². The van der Waals surface area contributed by atoms with Crippen molar-refractivity contribution in [2.45, 2.75) is 6.54 Å². The van der Waals surface area contributed by atoms with Crippen molar-refractivity contribution in [1.82, 2.24) is 4.98 Å². The van der Waals surface area contributed by atoms with E-state index in [0.717, 1.165) is 5.56 Å². The Hall–Kier alpha value is -2.40. The van der Waals surface area contributed by atoms with Crippen LogP contribution in [0.2, 0.25) is 0 Å². The highest BCUT2D eigenvalue weighted by Crippen LogP contribution is 2.10. The third-order valence-electron chi connectivity index (χ3n) is 2.24. The fourth-order valence-electron chi connectivity index (χ4n) is 1.34. The number of nitrogens with zero attached hydrogens (tertiary/aromatic N) is 1. The molecule has 0 aliphatic rings. The van der Waals surface area contributed by atoms with Gasteiger partial charge in [-0.1, -0.05) is 24.3 Å². The molecule has 5 heteroatoms. The summed E-state index contributed by atoms with van der Waals surface area (Å²) in [6.07, 6.45) is 1.03. The number of nitrogens with one attached hydrogen (secondary N) is 1. The van der Waals surface area contributed by atoms with Gasteiger partial charge in [0.25, 0.3) is 0 Å². The van der Waals surface area contributed by atoms with Crippen molar-refractivity contribution in [2.24, 2.45) is 5.73 Å². The van der Waals surface area contributed by atoms with Crippen molar-refractivity contribution in [3.05, 3.63) is 54.2 Å². The van der Waals surface area contributed by atoms with Crippen LogP contribution in [0.3, 0.4) is 0 Å². The molecule has 3 N–H and O–H groups in total. The fraction of sp³-hybridized carbons (Fsp3) is 0.0769. The molecule has 0 unspecified atom stereocenters. The summed E-state index contributed by atoms with van der Waals surface area (Å²) in [4.78, 5) is 15.6. The van der Waals surface area contributed by atoms with Crippen LogP contribution in [0.15, 0.2) is 48.7 Å². The molecule has 1 aromatic heterocycles. The van der Waals surface area contributed by atoms with Gasteiger partial charge >= 0.3 is 6.09 Å². The maximum atomic E-state index is 11.5. The Kier molecular flexibility index (Phi) is 3.88. The van der Waals surface area contributed by atoms with Gasteiger partial charge in [-0.2, -0.15) is 0 Å². The molecule has 0 aliphatic carbocycles. The van der Waals surface area contributed by atoms with Gasteiger partial charge in [-0.3, -0.25) is 5.32 Å². The number of pyridine rings is 1. The van der Waals surface area contributed by atoms with E-state index in [9.17, 15) is 4.79 Å². The first-order valence-electron chi connectivity index (χ1n) is 5.47. The second kappa shape index (κ2) is 5.79. The number of hydrogen-bond donors (Lipinski definition) is 2. The minimum Gasteiger partial charge on any atom is -0.410 e. The average molecular weight is 243 g/mol. The second-order valence-electron chi connectivity index (χ2n) is 3.58. The predicted molar refractivity (Wildman–Crippen MR) is 68.2 cm³/mol. The van der Waals surface area contributed by atoms with Crippen LogP contribution in [-0.2, 0) is 6.54 Å². The summed E-state index contributed by atoms with van der Waals surface area (Å²) >= 11 is 0. The molecule has 18 heavy (non-hydrogen) atoms. The van der Waals surface area contributed by atoms with E-state index in [-0.39, 0.29) is 0 Å². The largest absolute Gasteiger partial charge is 0.418 e. The van der Waals surface area contributed by atoms with E-state index < -0.39 is 6.09 Å². The number of amides is 1. The zero-order valence-corrected chi connectivity index (χ0v) is 9.67. The van der Waals surface area contributed by atoms with Crippen LogP contribution in [0, 0.1) is 0 Å². The normalized spacial score (nSPS) is 9.83. The van der Waals surface area contributed by atoms with Crippen LogP contribution >= 0.6 is 0 Å². The molecule has 0 saturated carbocycles. The molecule has 0 atom stereocenters. The molecular formula is C13H13N3O2. The monoisotopic (exact) mass is 243 g/mol. The highest BCUT2D eigenvalue weighted by atomic mass is 16.6. The Labute approximate surface area is 105 Å². The van der Waals surface area contributed by atoms with E-state index in [2.05, 4.69) is 10.3 Å². The average Bonchev–Trinajstić information content (AvgIpc) is 2.40. The van der Waals surface area contributed by atoms with Crippen molar-refractivity contribution in [2.75, 3.05) is 5.32 Å². The molecule has 0 saturated heterocycles. The molecule has 1 aromatic carbocycles. The van der Waals surface area contributed by atoms with Crippen molar-refractivity contribution in [3.8, 4) is 5.75 Å². The number of para-hydroxylation sites is 1. The highest BCUT2D eigenvalue weighted by Gasteiger charge is 2.05. The van der Waals surface area contributed by atoms with Crippen LogP contribution in [0.5, 0.6) is 5.75 Å². The van der Waals surface area contributed by atoms with Crippen LogP contribution in [-0.4, -0.2) is 11.1 Å². The van der Waals surface area contributed by atoms with Gasteiger partial charge in [0.1, 0.15) is 11.6 Å². The molecule has 0 bridgehead atoms. The zero-order valence-electron chi connectivity index (χ0n) is 9.67. The minimum atomic E-state index is -0.575. The van der Waals surface area contributed by atoms with Gasteiger partial charge < -0.3 is 10.5 Å². The Balaban J connectivity index is 1.94. The molecule has 2 rings (SSSR count). The number of nitrogens with two attached hydrogens (primary N) is 1. The summed E-state index contributed by atoms with van der Waals surface area (Å²) in [6.45, 7) is 0.418. The SMILES string of the molecule is NCc1ccc(NC(=O)Oc2ccccc2)nc1. The predicted octanol–water partition coefficient (Wildman–Crippen LogP) is 2.15. The number of carbonyl (C=O) groups is 1. The second-order valence-corrected chi connectivity index (χ2v) is 3.58. The lowest BCUT2D eigenvalue weighted by Gasteiger charge is -2.06. The number of benzene rings is 1. The molecule has 1 heterocycles. The first-order chi connectivity index (χ1) is 8.78. The molecular weight excluding hydrogens is 230 g/mol. The number of hydrogen-bond acceptors (Lipinski definition) is 4. The van der Waals surface area contributed by atoms with Crippen LogP contribution in [0.1, 0.15) is 5.56 Å². The highest BCUT2D eigenvalue weighted by molar-refractivity contribution is 5.85. The van der Waals surface area contributed by atoms with Gasteiger partial charge in [0.15, 0.2) is 0 Å². The molecule has 0 radical (unpaired) electrons. The molecule has 92 valence electrons.